The van der Waals surface area contributed by atoms with Gasteiger partial charge in [-0.05, 0) is 23.8 Å². The van der Waals surface area contributed by atoms with Crippen molar-refractivity contribution in [2.75, 3.05) is 7.11 Å². The molecule has 2 atom stereocenters. The Morgan fingerprint density at radius 1 is 1.25 bits per heavy atom. The van der Waals surface area contributed by atoms with Crippen molar-refractivity contribution in [1.29, 1.82) is 0 Å². The summed E-state index contributed by atoms with van der Waals surface area (Å²) in [5.74, 6) is 0.975. The molecule has 0 saturated carbocycles. The second kappa shape index (κ2) is 5.13. The number of hydrogen-bond acceptors (Lipinski definition) is 3. The van der Waals surface area contributed by atoms with Crippen LogP contribution in [0.5, 0.6) is 11.5 Å². The molecule has 1 aliphatic rings. The molecule has 1 aliphatic heterocycles. The Balaban J connectivity index is 1.94. The second-order valence-electron chi connectivity index (χ2n) is 4.91. The number of ether oxygens (including phenoxy) is 2. The lowest BCUT2D eigenvalue weighted by Gasteiger charge is -2.30. The molecular formula is C16H16FNO2. The van der Waals surface area contributed by atoms with Crippen molar-refractivity contribution in [3.63, 3.8) is 0 Å². The SMILES string of the molecule is COc1cccc(C2C[C@H](N)c3ccc(F)cc3O2)c1. The van der Waals surface area contributed by atoms with Gasteiger partial charge in [0.05, 0.1) is 7.11 Å². The van der Waals surface area contributed by atoms with E-state index in [9.17, 15) is 4.39 Å². The third-order valence-corrected chi connectivity index (χ3v) is 3.58. The van der Waals surface area contributed by atoms with Crippen LogP contribution in [0.15, 0.2) is 42.5 Å². The van der Waals surface area contributed by atoms with Gasteiger partial charge in [0.1, 0.15) is 23.4 Å². The number of benzene rings is 2. The quantitative estimate of drug-likeness (QED) is 0.912. The van der Waals surface area contributed by atoms with Crippen LogP contribution in [-0.2, 0) is 0 Å². The van der Waals surface area contributed by atoms with Gasteiger partial charge in [-0.3, -0.25) is 0 Å². The van der Waals surface area contributed by atoms with Crippen LogP contribution < -0.4 is 15.2 Å². The normalized spacial score (nSPS) is 20.9. The summed E-state index contributed by atoms with van der Waals surface area (Å²) in [5, 5.41) is 0. The van der Waals surface area contributed by atoms with E-state index in [1.165, 1.54) is 12.1 Å². The van der Waals surface area contributed by atoms with Crippen molar-refractivity contribution in [1.82, 2.24) is 0 Å². The first-order chi connectivity index (χ1) is 9.67. The summed E-state index contributed by atoms with van der Waals surface area (Å²) in [6.07, 6.45) is 0.473. The minimum Gasteiger partial charge on any atom is -0.497 e. The molecule has 0 aromatic heterocycles. The van der Waals surface area contributed by atoms with Crippen molar-refractivity contribution < 1.29 is 13.9 Å². The molecule has 0 fully saturated rings. The topological polar surface area (TPSA) is 44.5 Å². The maximum atomic E-state index is 13.3. The van der Waals surface area contributed by atoms with Crippen molar-refractivity contribution in [3.8, 4) is 11.5 Å². The van der Waals surface area contributed by atoms with E-state index in [1.807, 2.05) is 24.3 Å². The van der Waals surface area contributed by atoms with Gasteiger partial charge in [0.25, 0.3) is 0 Å². The number of methoxy groups -OCH3 is 1. The molecule has 2 N–H and O–H groups in total. The fourth-order valence-corrected chi connectivity index (χ4v) is 2.52. The lowest BCUT2D eigenvalue weighted by atomic mass is 9.93. The van der Waals surface area contributed by atoms with Gasteiger partial charge in [0, 0.05) is 24.1 Å². The molecule has 2 aromatic carbocycles. The van der Waals surface area contributed by atoms with E-state index in [-0.39, 0.29) is 18.0 Å². The Kier molecular flexibility index (Phi) is 3.32. The zero-order chi connectivity index (χ0) is 14.1. The predicted molar refractivity (Wildman–Crippen MR) is 74.3 cm³/mol. The molecule has 1 unspecified atom stereocenters. The fourth-order valence-electron chi connectivity index (χ4n) is 2.52. The average Bonchev–Trinajstić information content (AvgIpc) is 2.46. The number of halogens is 1. The zero-order valence-electron chi connectivity index (χ0n) is 11.2. The van der Waals surface area contributed by atoms with E-state index < -0.39 is 0 Å². The third kappa shape index (κ3) is 2.34. The Morgan fingerprint density at radius 3 is 2.90 bits per heavy atom. The summed E-state index contributed by atoms with van der Waals surface area (Å²) < 4.78 is 24.4. The molecule has 0 aliphatic carbocycles. The van der Waals surface area contributed by atoms with Crippen molar-refractivity contribution in [3.05, 3.63) is 59.4 Å². The van der Waals surface area contributed by atoms with Gasteiger partial charge >= 0.3 is 0 Å². The van der Waals surface area contributed by atoms with Crippen LogP contribution >= 0.6 is 0 Å². The van der Waals surface area contributed by atoms with Crippen LogP contribution in [0.1, 0.15) is 29.7 Å². The molecule has 0 spiro atoms. The largest absolute Gasteiger partial charge is 0.497 e. The summed E-state index contributed by atoms with van der Waals surface area (Å²) in [4.78, 5) is 0. The lowest BCUT2D eigenvalue weighted by molar-refractivity contribution is 0.160. The van der Waals surface area contributed by atoms with Gasteiger partial charge in [-0.15, -0.1) is 0 Å². The highest BCUT2D eigenvalue weighted by Gasteiger charge is 2.27. The smallest absolute Gasteiger partial charge is 0.127 e. The highest BCUT2D eigenvalue weighted by Crippen LogP contribution is 2.40. The van der Waals surface area contributed by atoms with E-state index in [4.69, 9.17) is 15.2 Å². The Bertz CT molecular complexity index is 630. The van der Waals surface area contributed by atoms with Crippen LogP contribution in [0.2, 0.25) is 0 Å². The van der Waals surface area contributed by atoms with Crippen LogP contribution in [0.25, 0.3) is 0 Å². The molecule has 3 rings (SSSR count). The van der Waals surface area contributed by atoms with Crippen molar-refractivity contribution in [2.24, 2.45) is 5.73 Å². The van der Waals surface area contributed by atoms with Crippen molar-refractivity contribution in [2.45, 2.75) is 18.6 Å². The molecule has 20 heavy (non-hydrogen) atoms. The minimum atomic E-state index is -0.317. The standard InChI is InChI=1S/C16H16FNO2/c1-19-12-4-2-3-10(7-12)15-9-14(18)13-6-5-11(17)8-16(13)20-15/h2-8,14-15H,9,18H2,1H3/t14-,15?/m0/s1. The molecule has 104 valence electrons. The lowest BCUT2D eigenvalue weighted by Crippen LogP contribution is -2.24. The number of rotatable bonds is 2. The third-order valence-electron chi connectivity index (χ3n) is 3.58. The summed E-state index contributed by atoms with van der Waals surface area (Å²) in [5.41, 5.74) is 7.99. The van der Waals surface area contributed by atoms with Gasteiger partial charge in [-0.2, -0.15) is 0 Å². The van der Waals surface area contributed by atoms with E-state index in [1.54, 1.807) is 13.2 Å². The maximum Gasteiger partial charge on any atom is 0.127 e. The second-order valence-corrected chi connectivity index (χ2v) is 4.91. The van der Waals surface area contributed by atoms with Gasteiger partial charge in [-0.25, -0.2) is 4.39 Å². The summed E-state index contributed by atoms with van der Waals surface area (Å²) >= 11 is 0. The monoisotopic (exact) mass is 273 g/mol. The van der Waals surface area contributed by atoms with Crippen molar-refractivity contribution >= 4 is 0 Å². The van der Waals surface area contributed by atoms with Crippen LogP contribution in [0, 0.1) is 5.82 Å². The Morgan fingerprint density at radius 2 is 2.10 bits per heavy atom. The van der Waals surface area contributed by atoms with Gasteiger partial charge in [-0.1, -0.05) is 18.2 Å². The Labute approximate surface area is 117 Å². The highest BCUT2D eigenvalue weighted by molar-refractivity contribution is 5.40. The van der Waals surface area contributed by atoms with Gasteiger partial charge in [0.2, 0.25) is 0 Å². The molecule has 0 saturated heterocycles. The Hall–Kier alpha value is -2.07. The first-order valence-electron chi connectivity index (χ1n) is 6.53. The van der Waals surface area contributed by atoms with E-state index in [2.05, 4.69) is 0 Å². The van der Waals surface area contributed by atoms with Gasteiger partial charge in [0.15, 0.2) is 0 Å². The minimum absolute atomic E-state index is 0.157. The number of nitrogens with two attached hydrogens (primary N) is 1. The molecule has 0 radical (unpaired) electrons. The maximum absolute atomic E-state index is 13.3. The van der Waals surface area contributed by atoms with Crippen LogP contribution in [0.4, 0.5) is 4.39 Å². The van der Waals surface area contributed by atoms with E-state index >= 15 is 0 Å². The van der Waals surface area contributed by atoms with Crippen LogP contribution in [-0.4, -0.2) is 7.11 Å². The van der Waals surface area contributed by atoms with Crippen LogP contribution in [0.3, 0.4) is 0 Å². The molecular weight excluding hydrogens is 257 g/mol. The van der Waals surface area contributed by atoms with E-state index in [0.29, 0.717) is 12.2 Å². The summed E-state index contributed by atoms with van der Waals surface area (Å²) in [6.45, 7) is 0. The highest BCUT2D eigenvalue weighted by atomic mass is 19.1. The van der Waals surface area contributed by atoms with Gasteiger partial charge < -0.3 is 15.2 Å². The number of hydrogen-bond donors (Lipinski definition) is 1. The molecule has 2 aromatic rings. The van der Waals surface area contributed by atoms with E-state index in [0.717, 1.165) is 16.9 Å². The molecule has 0 bridgehead atoms. The molecule has 0 amide bonds. The molecule has 3 nitrogen and oxygen atoms in total. The summed E-state index contributed by atoms with van der Waals surface area (Å²) in [6, 6.07) is 12.0. The average molecular weight is 273 g/mol. The molecule has 4 heteroatoms. The number of fused-ring (bicyclic) bond motifs is 1. The first kappa shape index (κ1) is 12.9. The zero-order valence-corrected chi connectivity index (χ0v) is 11.2. The first-order valence-corrected chi connectivity index (χ1v) is 6.53. The fraction of sp³-hybridized carbons (Fsp3) is 0.250. The predicted octanol–water partition coefficient (Wildman–Crippen LogP) is 3.36. The summed E-state index contributed by atoms with van der Waals surface area (Å²) in [7, 11) is 1.62. The molecule has 1 heterocycles.